The van der Waals surface area contributed by atoms with E-state index in [2.05, 4.69) is 10.2 Å². The fourth-order valence-corrected chi connectivity index (χ4v) is 2.90. The molecule has 4 rings (SSSR count). The van der Waals surface area contributed by atoms with Crippen LogP contribution in [0.1, 0.15) is 0 Å². The molecule has 0 N–H and O–H groups in total. The molecule has 29 heavy (non-hydrogen) atoms. The Hall–Kier alpha value is -3.80. The van der Waals surface area contributed by atoms with Crippen LogP contribution in [-0.2, 0) is 0 Å². The maximum atomic E-state index is 14.0. The van der Waals surface area contributed by atoms with Gasteiger partial charge in [0.15, 0.2) is 11.6 Å². The highest BCUT2D eigenvalue weighted by Crippen LogP contribution is 2.34. The van der Waals surface area contributed by atoms with Gasteiger partial charge in [0, 0.05) is 17.2 Å². The molecule has 1 heterocycles. The van der Waals surface area contributed by atoms with Crippen molar-refractivity contribution in [2.75, 3.05) is 7.11 Å². The van der Waals surface area contributed by atoms with Crippen LogP contribution in [0.3, 0.4) is 0 Å². The van der Waals surface area contributed by atoms with Gasteiger partial charge in [-0.05, 0) is 42.0 Å². The molecule has 0 aliphatic carbocycles. The second kappa shape index (κ2) is 8.06. The van der Waals surface area contributed by atoms with Crippen LogP contribution < -0.4 is 9.47 Å². The van der Waals surface area contributed by atoms with Crippen molar-refractivity contribution in [2.45, 2.75) is 0 Å². The van der Waals surface area contributed by atoms with E-state index >= 15 is 0 Å². The Balaban J connectivity index is 1.79. The number of hydrogen-bond donors (Lipinski definition) is 0. The first kappa shape index (κ1) is 18.6. The lowest BCUT2D eigenvalue weighted by molar-refractivity contribution is 0.402. The van der Waals surface area contributed by atoms with Crippen LogP contribution in [0.25, 0.3) is 22.4 Å². The van der Waals surface area contributed by atoms with E-state index < -0.39 is 11.6 Å². The minimum Gasteiger partial charge on any atom is -0.497 e. The second-order valence-electron chi connectivity index (χ2n) is 6.19. The summed E-state index contributed by atoms with van der Waals surface area (Å²) in [5.41, 5.74) is 3.10. The Labute approximate surface area is 166 Å². The average Bonchev–Trinajstić information content (AvgIpc) is 2.77. The van der Waals surface area contributed by atoms with Gasteiger partial charge in [-0.3, -0.25) is 0 Å². The zero-order valence-electron chi connectivity index (χ0n) is 15.5. The normalized spacial score (nSPS) is 10.6. The molecular weight excluding hydrogens is 374 g/mol. The zero-order chi connectivity index (χ0) is 20.2. The van der Waals surface area contributed by atoms with E-state index in [1.807, 2.05) is 54.6 Å². The average molecular weight is 390 g/mol. The highest BCUT2D eigenvalue weighted by atomic mass is 19.2. The molecule has 4 aromatic rings. The van der Waals surface area contributed by atoms with E-state index in [0.717, 1.165) is 28.5 Å². The van der Waals surface area contributed by atoms with Gasteiger partial charge in [-0.2, -0.15) is 4.39 Å². The van der Waals surface area contributed by atoms with E-state index in [0.29, 0.717) is 5.69 Å². The van der Waals surface area contributed by atoms with Crippen LogP contribution in [0.2, 0.25) is 0 Å². The summed E-state index contributed by atoms with van der Waals surface area (Å²) < 4.78 is 38.1. The summed E-state index contributed by atoms with van der Waals surface area (Å²) in [6.07, 6.45) is 0. The molecule has 0 fully saturated rings. The van der Waals surface area contributed by atoms with Gasteiger partial charge >= 0.3 is 0 Å². The number of nitrogens with zero attached hydrogens (tertiary/aromatic N) is 2. The van der Waals surface area contributed by atoms with Crippen molar-refractivity contribution in [1.82, 2.24) is 10.2 Å². The minimum atomic E-state index is -1.07. The standard InChI is InChI=1S/C23H16F2N2O2/c1-28-17-12-10-16(11-13-17)23-18(15-6-3-2-4-7-15)14-21(26-27-23)29-20-9-5-8-19(24)22(20)25/h2-14H,1H3. The molecule has 0 amide bonds. The molecule has 0 radical (unpaired) electrons. The van der Waals surface area contributed by atoms with Crippen LogP contribution in [0.4, 0.5) is 8.78 Å². The quantitative estimate of drug-likeness (QED) is 0.426. The first-order valence-corrected chi connectivity index (χ1v) is 8.85. The van der Waals surface area contributed by atoms with Crippen LogP contribution in [0.15, 0.2) is 78.9 Å². The number of hydrogen-bond acceptors (Lipinski definition) is 4. The van der Waals surface area contributed by atoms with Gasteiger partial charge in [0.2, 0.25) is 11.7 Å². The Morgan fingerprint density at radius 3 is 2.24 bits per heavy atom. The van der Waals surface area contributed by atoms with Crippen LogP contribution in [-0.4, -0.2) is 17.3 Å². The number of methoxy groups -OCH3 is 1. The summed E-state index contributed by atoms with van der Waals surface area (Å²) in [5.74, 6) is -1.53. The van der Waals surface area contributed by atoms with Crippen LogP contribution in [0.5, 0.6) is 17.4 Å². The summed E-state index contributed by atoms with van der Waals surface area (Å²) in [6.45, 7) is 0. The molecule has 0 aliphatic heterocycles. The fraction of sp³-hybridized carbons (Fsp3) is 0.0435. The Bertz CT molecular complexity index is 1130. The second-order valence-corrected chi connectivity index (χ2v) is 6.19. The SMILES string of the molecule is COc1ccc(-c2nnc(Oc3cccc(F)c3F)cc2-c2ccccc2)cc1. The molecule has 1 aromatic heterocycles. The predicted molar refractivity (Wildman–Crippen MR) is 106 cm³/mol. The lowest BCUT2D eigenvalue weighted by atomic mass is 10.00. The highest BCUT2D eigenvalue weighted by molar-refractivity contribution is 5.81. The number of ether oxygens (including phenoxy) is 2. The minimum absolute atomic E-state index is 0.0608. The molecule has 0 bridgehead atoms. The number of halogens is 2. The van der Waals surface area contributed by atoms with Crippen molar-refractivity contribution >= 4 is 0 Å². The molecule has 0 unspecified atom stereocenters. The predicted octanol–water partition coefficient (Wildman–Crippen LogP) is 5.89. The molecule has 6 heteroatoms. The third kappa shape index (κ3) is 3.91. The Morgan fingerprint density at radius 2 is 1.52 bits per heavy atom. The molecule has 0 atom stereocenters. The van der Waals surface area contributed by atoms with Crippen molar-refractivity contribution in [2.24, 2.45) is 0 Å². The molecule has 0 saturated heterocycles. The topological polar surface area (TPSA) is 44.2 Å². The van der Waals surface area contributed by atoms with Gasteiger partial charge in [0.25, 0.3) is 0 Å². The Morgan fingerprint density at radius 1 is 0.759 bits per heavy atom. The van der Waals surface area contributed by atoms with Crippen LogP contribution in [0, 0.1) is 11.6 Å². The van der Waals surface area contributed by atoms with Crippen molar-refractivity contribution in [3.05, 3.63) is 90.5 Å². The molecule has 3 aromatic carbocycles. The third-order valence-corrected chi connectivity index (χ3v) is 4.35. The highest BCUT2D eigenvalue weighted by Gasteiger charge is 2.15. The van der Waals surface area contributed by atoms with E-state index in [1.165, 1.54) is 12.1 Å². The van der Waals surface area contributed by atoms with E-state index in [9.17, 15) is 8.78 Å². The number of rotatable bonds is 5. The lowest BCUT2D eigenvalue weighted by Gasteiger charge is -2.12. The van der Waals surface area contributed by atoms with Crippen molar-refractivity contribution in [3.63, 3.8) is 0 Å². The molecule has 0 spiro atoms. The molecular formula is C23H16F2N2O2. The third-order valence-electron chi connectivity index (χ3n) is 4.35. The van der Waals surface area contributed by atoms with Crippen molar-refractivity contribution in [1.29, 1.82) is 0 Å². The van der Waals surface area contributed by atoms with Crippen LogP contribution >= 0.6 is 0 Å². The first-order valence-electron chi connectivity index (χ1n) is 8.85. The molecule has 4 nitrogen and oxygen atoms in total. The maximum absolute atomic E-state index is 14.0. The maximum Gasteiger partial charge on any atom is 0.239 e. The summed E-state index contributed by atoms with van der Waals surface area (Å²) in [5, 5.41) is 8.35. The van der Waals surface area contributed by atoms with Gasteiger partial charge in [-0.25, -0.2) is 4.39 Å². The fourth-order valence-electron chi connectivity index (χ4n) is 2.90. The molecule has 144 valence electrons. The number of aromatic nitrogens is 2. The smallest absolute Gasteiger partial charge is 0.239 e. The summed E-state index contributed by atoms with van der Waals surface area (Å²) in [4.78, 5) is 0. The molecule has 0 saturated carbocycles. The van der Waals surface area contributed by atoms with E-state index in [4.69, 9.17) is 9.47 Å². The van der Waals surface area contributed by atoms with E-state index in [1.54, 1.807) is 13.2 Å². The van der Waals surface area contributed by atoms with Gasteiger partial charge in [0.05, 0.1) is 7.11 Å². The van der Waals surface area contributed by atoms with Gasteiger partial charge in [0.1, 0.15) is 11.4 Å². The zero-order valence-corrected chi connectivity index (χ0v) is 15.5. The summed E-state index contributed by atoms with van der Waals surface area (Å²) in [7, 11) is 1.60. The van der Waals surface area contributed by atoms with Crippen molar-refractivity contribution < 1.29 is 18.3 Å². The van der Waals surface area contributed by atoms with Gasteiger partial charge < -0.3 is 9.47 Å². The first-order chi connectivity index (χ1) is 14.2. The summed E-state index contributed by atoms with van der Waals surface area (Å²) >= 11 is 0. The Kier molecular flexibility index (Phi) is 5.16. The monoisotopic (exact) mass is 390 g/mol. The van der Waals surface area contributed by atoms with Gasteiger partial charge in [-0.15, -0.1) is 10.2 Å². The largest absolute Gasteiger partial charge is 0.497 e. The lowest BCUT2D eigenvalue weighted by Crippen LogP contribution is -1.98. The van der Waals surface area contributed by atoms with E-state index in [-0.39, 0.29) is 11.6 Å². The summed E-state index contributed by atoms with van der Waals surface area (Å²) in [6, 6.07) is 22.4. The number of benzene rings is 3. The molecule has 0 aliphatic rings. The van der Waals surface area contributed by atoms with Gasteiger partial charge in [-0.1, -0.05) is 36.4 Å². The van der Waals surface area contributed by atoms with Crippen molar-refractivity contribution in [3.8, 4) is 39.8 Å².